The highest BCUT2D eigenvalue weighted by Gasteiger charge is 2.23. The Kier molecular flexibility index (Phi) is 8.06. The van der Waals surface area contributed by atoms with Crippen molar-refractivity contribution >= 4 is 16.7 Å². The number of nitrogens with zero attached hydrogens (tertiary/aromatic N) is 4. The molecular formula is C28H39N5O2. The van der Waals surface area contributed by atoms with Crippen LogP contribution in [0.5, 0.6) is 0 Å². The van der Waals surface area contributed by atoms with E-state index in [9.17, 15) is 9.59 Å². The number of nitrogens with one attached hydrogen (secondary N) is 1. The molecule has 2 unspecified atom stereocenters. The summed E-state index contributed by atoms with van der Waals surface area (Å²) in [5.74, 6) is 0.102. The van der Waals surface area contributed by atoms with Gasteiger partial charge in [0.2, 0.25) is 5.91 Å². The van der Waals surface area contributed by atoms with Crippen molar-refractivity contribution in [2.75, 3.05) is 13.1 Å². The fraction of sp³-hybridized carbons (Fsp3) is 0.536. The van der Waals surface area contributed by atoms with Crippen molar-refractivity contribution < 1.29 is 4.79 Å². The molecule has 1 N–H and O–H groups in total. The van der Waals surface area contributed by atoms with Crippen LogP contribution in [0, 0.1) is 13.8 Å². The fourth-order valence-corrected chi connectivity index (χ4v) is 5.59. The monoisotopic (exact) mass is 477 g/mol. The molecule has 2 aromatic heterocycles. The summed E-state index contributed by atoms with van der Waals surface area (Å²) in [5, 5.41) is 9.08. The van der Waals surface area contributed by atoms with Crippen molar-refractivity contribution in [2.45, 2.75) is 84.8 Å². The van der Waals surface area contributed by atoms with E-state index in [0.717, 1.165) is 48.4 Å². The first-order valence-corrected chi connectivity index (χ1v) is 13.0. The molecule has 0 aliphatic carbocycles. The molecule has 1 saturated heterocycles. The van der Waals surface area contributed by atoms with Crippen LogP contribution in [0.2, 0.25) is 0 Å². The van der Waals surface area contributed by atoms with E-state index >= 15 is 0 Å². The van der Waals surface area contributed by atoms with Crippen LogP contribution in [0.15, 0.2) is 41.3 Å². The summed E-state index contributed by atoms with van der Waals surface area (Å²) in [6, 6.07) is 10.8. The summed E-state index contributed by atoms with van der Waals surface area (Å²) in [5.41, 5.74) is 2.60. The molecule has 7 heteroatoms. The van der Waals surface area contributed by atoms with Crippen molar-refractivity contribution in [3.63, 3.8) is 0 Å². The molecule has 1 aromatic carbocycles. The second-order valence-corrected chi connectivity index (χ2v) is 9.98. The van der Waals surface area contributed by atoms with E-state index in [4.69, 9.17) is 0 Å². The number of rotatable bonds is 9. The molecule has 3 aromatic rings. The summed E-state index contributed by atoms with van der Waals surface area (Å²) < 4.78 is 3.60. The number of aromatic nitrogens is 3. The molecule has 188 valence electrons. The molecule has 1 fully saturated rings. The number of hydrogen-bond donors (Lipinski definition) is 1. The third-order valence-electron chi connectivity index (χ3n) is 7.62. The van der Waals surface area contributed by atoms with Crippen LogP contribution in [0.4, 0.5) is 0 Å². The molecular weight excluding hydrogens is 438 g/mol. The van der Waals surface area contributed by atoms with Crippen LogP contribution < -0.4 is 10.9 Å². The molecule has 7 nitrogen and oxygen atoms in total. The molecule has 0 bridgehead atoms. The van der Waals surface area contributed by atoms with E-state index in [1.807, 2.05) is 44.2 Å². The predicted molar refractivity (Wildman–Crippen MR) is 141 cm³/mol. The zero-order valence-electron chi connectivity index (χ0n) is 21.6. The highest BCUT2D eigenvalue weighted by atomic mass is 16.1. The topological polar surface area (TPSA) is 72.2 Å². The van der Waals surface area contributed by atoms with E-state index in [1.54, 1.807) is 6.20 Å². The molecule has 3 heterocycles. The van der Waals surface area contributed by atoms with Gasteiger partial charge in [0.1, 0.15) is 0 Å². The van der Waals surface area contributed by atoms with Crippen molar-refractivity contribution in [3.05, 3.63) is 58.3 Å². The lowest BCUT2D eigenvalue weighted by molar-refractivity contribution is -0.121. The van der Waals surface area contributed by atoms with E-state index in [2.05, 4.69) is 33.7 Å². The minimum absolute atomic E-state index is 0.102. The van der Waals surface area contributed by atoms with Gasteiger partial charge >= 0.3 is 0 Å². The minimum atomic E-state index is -0.108. The molecule has 35 heavy (non-hydrogen) atoms. The van der Waals surface area contributed by atoms with Gasteiger partial charge in [-0.2, -0.15) is 9.78 Å². The number of carbonyl (C=O) groups excluding carboxylic acids is 1. The number of para-hydroxylation sites is 1. The molecule has 0 radical (unpaired) electrons. The van der Waals surface area contributed by atoms with Gasteiger partial charge in [0, 0.05) is 54.9 Å². The SMILES string of the molecule is Cc1c2cnn(-c3ccccc3)c(=O)c2c(C)n1CCCC(=O)NCCCN1C(C)CCCC1C. The second-order valence-electron chi connectivity index (χ2n) is 9.98. The first-order chi connectivity index (χ1) is 16.9. The van der Waals surface area contributed by atoms with Crippen molar-refractivity contribution in [1.29, 1.82) is 0 Å². The van der Waals surface area contributed by atoms with Crippen LogP contribution in [0.1, 0.15) is 63.8 Å². The van der Waals surface area contributed by atoms with Gasteiger partial charge in [-0.15, -0.1) is 0 Å². The van der Waals surface area contributed by atoms with Gasteiger partial charge in [-0.3, -0.25) is 14.5 Å². The lowest BCUT2D eigenvalue weighted by Gasteiger charge is -2.39. The molecule has 0 spiro atoms. The Morgan fingerprint density at radius 1 is 1.03 bits per heavy atom. The average Bonchev–Trinajstić information content (AvgIpc) is 3.09. The van der Waals surface area contributed by atoms with Crippen LogP contribution >= 0.6 is 0 Å². The number of likely N-dealkylation sites (tertiary alicyclic amines) is 1. The number of hydrogen-bond acceptors (Lipinski definition) is 4. The number of piperidine rings is 1. The minimum Gasteiger partial charge on any atom is -0.356 e. The smallest absolute Gasteiger partial charge is 0.281 e. The maximum Gasteiger partial charge on any atom is 0.281 e. The number of fused-ring (bicyclic) bond motifs is 1. The Morgan fingerprint density at radius 3 is 2.46 bits per heavy atom. The summed E-state index contributed by atoms with van der Waals surface area (Å²) >= 11 is 0. The predicted octanol–water partition coefficient (Wildman–Crippen LogP) is 4.35. The third-order valence-corrected chi connectivity index (χ3v) is 7.62. The van der Waals surface area contributed by atoms with Crippen molar-refractivity contribution in [2.24, 2.45) is 0 Å². The van der Waals surface area contributed by atoms with E-state index < -0.39 is 0 Å². The van der Waals surface area contributed by atoms with Gasteiger partial charge in [-0.1, -0.05) is 24.6 Å². The molecule has 0 saturated carbocycles. The number of benzene rings is 1. The fourth-order valence-electron chi connectivity index (χ4n) is 5.59. The normalized spacial score (nSPS) is 18.7. The lowest BCUT2D eigenvalue weighted by atomic mass is 9.97. The molecule has 2 atom stereocenters. The van der Waals surface area contributed by atoms with Gasteiger partial charge < -0.3 is 9.88 Å². The van der Waals surface area contributed by atoms with Gasteiger partial charge in [-0.25, -0.2) is 0 Å². The van der Waals surface area contributed by atoms with Crippen LogP contribution in [0.25, 0.3) is 16.5 Å². The summed E-state index contributed by atoms with van der Waals surface area (Å²) in [4.78, 5) is 28.2. The first kappa shape index (κ1) is 25.2. The van der Waals surface area contributed by atoms with Crippen molar-refractivity contribution in [3.8, 4) is 5.69 Å². The Morgan fingerprint density at radius 2 is 1.74 bits per heavy atom. The Labute approximate surface area is 208 Å². The van der Waals surface area contributed by atoms with Gasteiger partial charge in [-0.05, 0) is 65.5 Å². The largest absolute Gasteiger partial charge is 0.356 e. The van der Waals surface area contributed by atoms with Crippen molar-refractivity contribution in [1.82, 2.24) is 24.6 Å². The standard InChI is InChI=1S/C28H39N5O2/c1-20-11-8-12-21(2)31(20)18-10-16-29-26(34)15-9-17-32-22(3)25-19-30-33(24-13-6-5-7-14-24)28(35)27(25)23(32)4/h5-7,13-14,19-21H,8-12,15-18H2,1-4H3,(H,29,34). The van der Waals surface area contributed by atoms with Gasteiger partial charge in [0.15, 0.2) is 0 Å². The quantitative estimate of drug-likeness (QED) is 0.465. The highest BCUT2D eigenvalue weighted by molar-refractivity contribution is 5.87. The summed E-state index contributed by atoms with van der Waals surface area (Å²) in [7, 11) is 0. The zero-order chi connectivity index (χ0) is 24.9. The van der Waals surface area contributed by atoms with E-state index in [1.165, 1.54) is 23.9 Å². The van der Waals surface area contributed by atoms with Gasteiger partial charge in [0.05, 0.1) is 17.3 Å². The lowest BCUT2D eigenvalue weighted by Crippen LogP contribution is -2.44. The van der Waals surface area contributed by atoms with E-state index in [-0.39, 0.29) is 11.5 Å². The van der Waals surface area contributed by atoms with E-state index in [0.29, 0.717) is 30.4 Å². The number of carbonyl (C=O) groups is 1. The molecule has 1 aliphatic heterocycles. The van der Waals surface area contributed by atoms with Crippen LogP contribution in [-0.4, -0.2) is 50.3 Å². The maximum atomic E-state index is 13.2. The Hall–Kier alpha value is -2.93. The first-order valence-electron chi connectivity index (χ1n) is 13.0. The molecule has 1 amide bonds. The zero-order valence-corrected chi connectivity index (χ0v) is 21.6. The molecule has 4 rings (SSSR count). The maximum absolute atomic E-state index is 13.2. The second kappa shape index (κ2) is 11.2. The average molecular weight is 478 g/mol. The van der Waals surface area contributed by atoms with Gasteiger partial charge in [0.25, 0.3) is 5.56 Å². The third kappa shape index (κ3) is 5.50. The van der Waals surface area contributed by atoms with Crippen LogP contribution in [0.3, 0.4) is 0 Å². The summed E-state index contributed by atoms with van der Waals surface area (Å²) in [6.07, 6.45) is 7.86. The molecule has 1 aliphatic rings. The number of amides is 1. The number of aryl methyl sites for hydroxylation is 2. The highest BCUT2D eigenvalue weighted by Crippen LogP contribution is 2.24. The Bertz CT molecular complexity index is 1200. The Balaban J connectivity index is 1.31. The van der Waals surface area contributed by atoms with Crippen LogP contribution in [-0.2, 0) is 11.3 Å². The summed E-state index contributed by atoms with van der Waals surface area (Å²) in [6.45, 7) is 11.1.